The molecule has 0 aromatic carbocycles. The van der Waals surface area contributed by atoms with Gasteiger partial charge in [0.1, 0.15) is 0 Å². The zero-order valence-electron chi connectivity index (χ0n) is 11.8. The van der Waals surface area contributed by atoms with Crippen molar-refractivity contribution in [1.82, 2.24) is 5.32 Å². The zero-order chi connectivity index (χ0) is 14.2. The SMILES string of the molecule is CCCCSC(C)C(=O)NC(C)(C)CCC(=O)O. The molecule has 1 unspecified atom stereocenters. The smallest absolute Gasteiger partial charge is 0.303 e. The molecule has 18 heavy (non-hydrogen) atoms. The maximum Gasteiger partial charge on any atom is 0.303 e. The van der Waals surface area contributed by atoms with E-state index in [1.807, 2.05) is 20.8 Å². The van der Waals surface area contributed by atoms with Gasteiger partial charge in [-0.15, -0.1) is 11.8 Å². The third kappa shape index (κ3) is 8.39. The van der Waals surface area contributed by atoms with Crippen LogP contribution < -0.4 is 5.32 Å². The summed E-state index contributed by atoms with van der Waals surface area (Å²) in [5, 5.41) is 11.5. The Labute approximate surface area is 114 Å². The average molecular weight is 275 g/mol. The molecule has 1 amide bonds. The monoisotopic (exact) mass is 275 g/mol. The normalized spacial score (nSPS) is 13.1. The van der Waals surface area contributed by atoms with Gasteiger partial charge < -0.3 is 10.4 Å². The standard InChI is InChI=1S/C13H25NO3S/c1-5-6-9-18-10(2)12(17)14-13(3,4)8-7-11(15)16/h10H,5-9H2,1-4H3,(H,14,17)(H,15,16). The van der Waals surface area contributed by atoms with E-state index < -0.39 is 11.5 Å². The van der Waals surface area contributed by atoms with Crippen molar-refractivity contribution in [1.29, 1.82) is 0 Å². The molecule has 106 valence electrons. The molecule has 0 spiro atoms. The Hall–Kier alpha value is -0.710. The second-order valence-corrected chi connectivity index (χ2v) is 6.58. The Balaban J connectivity index is 4.07. The highest BCUT2D eigenvalue weighted by atomic mass is 32.2. The highest BCUT2D eigenvalue weighted by Gasteiger charge is 2.24. The maximum atomic E-state index is 11.9. The predicted octanol–water partition coefficient (Wildman–Crippen LogP) is 2.67. The number of nitrogens with one attached hydrogen (secondary N) is 1. The van der Waals surface area contributed by atoms with Crippen LogP contribution in [0.4, 0.5) is 0 Å². The van der Waals surface area contributed by atoms with E-state index in [2.05, 4.69) is 12.2 Å². The quantitative estimate of drug-likeness (QED) is 0.635. The molecule has 0 saturated heterocycles. The van der Waals surface area contributed by atoms with Crippen LogP contribution >= 0.6 is 11.8 Å². The number of thioether (sulfide) groups is 1. The molecule has 0 bridgehead atoms. The first-order valence-corrected chi connectivity index (χ1v) is 7.49. The number of unbranched alkanes of at least 4 members (excludes halogenated alkanes) is 1. The van der Waals surface area contributed by atoms with Gasteiger partial charge in [-0.25, -0.2) is 0 Å². The first-order chi connectivity index (χ1) is 8.28. The summed E-state index contributed by atoms with van der Waals surface area (Å²) in [5.41, 5.74) is -0.463. The first-order valence-electron chi connectivity index (χ1n) is 6.44. The number of rotatable bonds is 9. The van der Waals surface area contributed by atoms with Crippen LogP contribution in [0.1, 0.15) is 53.4 Å². The summed E-state index contributed by atoms with van der Waals surface area (Å²) in [7, 11) is 0. The number of carboxylic acid groups (broad SMARTS) is 1. The van der Waals surface area contributed by atoms with Gasteiger partial charge >= 0.3 is 5.97 Å². The molecular formula is C13H25NO3S. The highest BCUT2D eigenvalue weighted by molar-refractivity contribution is 8.00. The van der Waals surface area contributed by atoms with Gasteiger partial charge in [-0.3, -0.25) is 9.59 Å². The van der Waals surface area contributed by atoms with Crippen molar-refractivity contribution >= 4 is 23.6 Å². The number of amides is 1. The molecule has 0 aromatic heterocycles. The Kier molecular flexibility index (Phi) is 8.07. The summed E-state index contributed by atoms with van der Waals surface area (Å²) in [6.07, 6.45) is 2.77. The molecule has 0 aliphatic carbocycles. The van der Waals surface area contributed by atoms with Gasteiger partial charge in [0, 0.05) is 12.0 Å². The Morgan fingerprint density at radius 2 is 2.00 bits per heavy atom. The van der Waals surface area contributed by atoms with Crippen molar-refractivity contribution in [3.8, 4) is 0 Å². The summed E-state index contributed by atoms with van der Waals surface area (Å²) in [6, 6.07) is 0. The summed E-state index contributed by atoms with van der Waals surface area (Å²) < 4.78 is 0. The summed E-state index contributed by atoms with van der Waals surface area (Å²) in [5.74, 6) is 0.148. The van der Waals surface area contributed by atoms with Crippen molar-refractivity contribution in [2.75, 3.05) is 5.75 Å². The molecule has 1 atom stereocenters. The van der Waals surface area contributed by atoms with Crippen LogP contribution in [0.2, 0.25) is 0 Å². The van der Waals surface area contributed by atoms with Gasteiger partial charge in [-0.05, 0) is 39.4 Å². The molecule has 0 fully saturated rings. The molecule has 5 heteroatoms. The molecular weight excluding hydrogens is 250 g/mol. The number of hydrogen-bond donors (Lipinski definition) is 2. The molecule has 0 radical (unpaired) electrons. The third-order valence-corrected chi connectivity index (χ3v) is 3.90. The molecule has 0 aromatic rings. The van der Waals surface area contributed by atoms with E-state index >= 15 is 0 Å². The number of hydrogen-bond acceptors (Lipinski definition) is 3. The van der Waals surface area contributed by atoms with Crippen LogP contribution in [0.25, 0.3) is 0 Å². The van der Waals surface area contributed by atoms with Gasteiger partial charge in [-0.2, -0.15) is 0 Å². The fraction of sp³-hybridized carbons (Fsp3) is 0.846. The van der Waals surface area contributed by atoms with E-state index in [0.717, 1.165) is 18.6 Å². The van der Waals surface area contributed by atoms with E-state index in [4.69, 9.17) is 5.11 Å². The lowest BCUT2D eigenvalue weighted by atomic mass is 9.98. The van der Waals surface area contributed by atoms with Crippen LogP contribution in [-0.2, 0) is 9.59 Å². The highest BCUT2D eigenvalue weighted by Crippen LogP contribution is 2.16. The molecule has 0 heterocycles. The molecule has 2 N–H and O–H groups in total. The van der Waals surface area contributed by atoms with E-state index in [-0.39, 0.29) is 17.6 Å². The van der Waals surface area contributed by atoms with Crippen LogP contribution in [0.15, 0.2) is 0 Å². The minimum atomic E-state index is -0.831. The topological polar surface area (TPSA) is 66.4 Å². The lowest BCUT2D eigenvalue weighted by molar-refractivity contribution is -0.137. The lowest BCUT2D eigenvalue weighted by Gasteiger charge is -2.27. The number of aliphatic carboxylic acids is 1. The van der Waals surface area contributed by atoms with E-state index in [1.165, 1.54) is 0 Å². The van der Waals surface area contributed by atoms with Gasteiger partial charge in [0.05, 0.1) is 5.25 Å². The fourth-order valence-electron chi connectivity index (χ4n) is 1.40. The average Bonchev–Trinajstić information content (AvgIpc) is 2.26. The lowest BCUT2D eigenvalue weighted by Crippen LogP contribution is -2.46. The number of carboxylic acids is 1. The minimum Gasteiger partial charge on any atom is -0.481 e. The van der Waals surface area contributed by atoms with Gasteiger partial charge in [0.25, 0.3) is 0 Å². The third-order valence-electron chi connectivity index (χ3n) is 2.66. The second kappa shape index (κ2) is 8.40. The maximum absolute atomic E-state index is 11.9. The summed E-state index contributed by atoms with van der Waals surface area (Å²) in [6.45, 7) is 7.73. The van der Waals surface area contributed by atoms with Crippen LogP contribution in [-0.4, -0.2) is 33.5 Å². The number of carbonyl (C=O) groups excluding carboxylic acids is 1. The van der Waals surface area contributed by atoms with Crippen molar-refractivity contribution in [3.63, 3.8) is 0 Å². The molecule has 0 aliphatic heterocycles. The van der Waals surface area contributed by atoms with Crippen LogP contribution in [0.5, 0.6) is 0 Å². The van der Waals surface area contributed by atoms with E-state index in [9.17, 15) is 9.59 Å². The Morgan fingerprint density at radius 1 is 1.39 bits per heavy atom. The minimum absolute atomic E-state index is 0.00788. The summed E-state index contributed by atoms with van der Waals surface area (Å²) in [4.78, 5) is 22.4. The van der Waals surface area contributed by atoms with Gasteiger partial charge in [-0.1, -0.05) is 13.3 Å². The van der Waals surface area contributed by atoms with Crippen molar-refractivity contribution in [3.05, 3.63) is 0 Å². The van der Waals surface area contributed by atoms with Gasteiger partial charge in [0.2, 0.25) is 5.91 Å². The van der Waals surface area contributed by atoms with Crippen molar-refractivity contribution < 1.29 is 14.7 Å². The van der Waals surface area contributed by atoms with Crippen LogP contribution in [0, 0.1) is 0 Å². The second-order valence-electron chi connectivity index (χ2n) is 5.13. The first kappa shape index (κ1) is 17.3. The zero-order valence-corrected chi connectivity index (χ0v) is 12.6. The number of carbonyl (C=O) groups is 2. The molecule has 0 rings (SSSR count). The van der Waals surface area contributed by atoms with E-state index in [0.29, 0.717) is 6.42 Å². The molecule has 4 nitrogen and oxygen atoms in total. The summed E-state index contributed by atoms with van der Waals surface area (Å²) >= 11 is 1.65. The van der Waals surface area contributed by atoms with Crippen LogP contribution in [0.3, 0.4) is 0 Å². The fourth-order valence-corrected chi connectivity index (χ4v) is 2.42. The van der Waals surface area contributed by atoms with Crippen molar-refractivity contribution in [2.24, 2.45) is 0 Å². The Morgan fingerprint density at radius 3 is 2.50 bits per heavy atom. The van der Waals surface area contributed by atoms with Crippen molar-refractivity contribution in [2.45, 2.75) is 64.2 Å². The predicted molar refractivity (Wildman–Crippen MR) is 75.9 cm³/mol. The molecule has 0 aliphatic rings. The largest absolute Gasteiger partial charge is 0.481 e. The van der Waals surface area contributed by atoms with Gasteiger partial charge in [0.15, 0.2) is 0 Å². The van der Waals surface area contributed by atoms with E-state index in [1.54, 1.807) is 11.8 Å². The Bertz CT molecular complexity index is 279. The molecule has 0 saturated carbocycles.